The molecule has 1 saturated heterocycles. The van der Waals surface area contributed by atoms with E-state index in [9.17, 15) is 5.11 Å². The summed E-state index contributed by atoms with van der Waals surface area (Å²) in [5.74, 6) is 1.55. The fraction of sp³-hybridized carbons (Fsp3) is 0.625. The number of phenols is 1. The number of unbranched alkanes of at least 4 members (excludes halogenated alkanes) is 1. The van der Waals surface area contributed by atoms with Gasteiger partial charge in [-0.1, -0.05) is 25.5 Å². The van der Waals surface area contributed by atoms with Crippen molar-refractivity contribution in [2.75, 3.05) is 19.7 Å². The van der Waals surface area contributed by atoms with E-state index in [1.807, 2.05) is 6.07 Å². The first-order valence-electron chi connectivity index (χ1n) is 7.50. The van der Waals surface area contributed by atoms with E-state index in [1.54, 1.807) is 6.07 Å². The highest BCUT2D eigenvalue weighted by molar-refractivity contribution is 5.49. The average molecular weight is 261 g/mol. The van der Waals surface area contributed by atoms with Gasteiger partial charge in [-0.2, -0.15) is 0 Å². The van der Waals surface area contributed by atoms with Gasteiger partial charge in [0.05, 0.1) is 6.04 Å². The van der Waals surface area contributed by atoms with Crippen LogP contribution in [0.15, 0.2) is 18.2 Å². The van der Waals surface area contributed by atoms with E-state index in [1.165, 1.54) is 44.3 Å². The number of hydrogen-bond acceptors (Lipinski definition) is 3. The highest BCUT2D eigenvalue weighted by Gasteiger charge is 2.37. The number of benzene rings is 1. The molecule has 0 saturated carbocycles. The fourth-order valence-electron chi connectivity index (χ4n) is 3.51. The molecule has 2 aliphatic rings. The molecule has 0 unspecified atom stereocenters. The van der Waals surface area contributed by atoms with Crippen LogP contribution in [0, 0.1) is 0 Å². The molecule has 104 valence electrons. The topological polar surface area (TPSA) is 32.7 Å². The molecule has 2 atom stereocenters. The highest BCUT2D eigenvalue weighted by Crippen LogP contribution is 2.44. The number of rotatable bonds is 3. The van der Waals surface area contributed by atoms with Gasteiger partial charge in [-0.3, -0.25) is 4.90 Å². The second-order valence-corrected chi connectivity index (χ2v) is 5.71. The van der Waals surface area contributed by atoms with Crippen LogP contribution in [0.25, 0.3) is 0 Å². The Bertz CT molecular complexity index is 446. The first-order valence-corrected chi connectivity index (χ1v) is 7.50. The van der Waals surface area contributed by atoms with Crippen LogP contribution in [0.4, 0.5) is 0 Å². The Kier molecular flexibility index (Phi) is 3.65. The molecule has 0 aromatic heterocycles. The van der Waals surface area contributed by atoms with Gasteiger partial charge < -0.3 is 9.84 Å². The molecule has 3 heteroatoms. The van der Waals surface area contributed by atoms with Crippen LogP contribution in [-0.4, -0.2) is 35.7 Å². The van der Waals surface area contributed by atoms with Gasteiger partial charge in [0.1, 0.15) is 6.61 Å². The van der Waals surface area contributed by atoms with Crippen LogP contribution in [-0.2, 0) is 0 Å². The molecule has 2 aliphatic heterocycles. The van der Waals surface area contributed by atoms with Gasteiger partial charge >= 0.3 is 0 Å². The van der Waals surface area contributed by atoms with Gasteiger partial charge in [0.15, 0.2) is 11.5 Å². The van der Waals surface area contributed by atoms with Gasteiger partial charge in [0.2, 0.25) is 0 Å². The third kappa shape index (κ3) is 2.32. The maximum Gasteiger partial charge on any atom is 0.164 e. The Morgan fingerprint density at radius 3 is 3.16 bits per heavy atom. The molecular weight excluding hydrogens is 238 g/mol. The van der Waals surface area contributed by atoms with Crippen molar-refractivity contribution >= 4 is 0 Å². The van der Waals surface area contributed by atoms with Gasteiger partial charge in [-0.15, -0.1) is 0 Å². The number of aromatic hydroxyl groups is 1. The number of fused-ring (bicyclic) bond motifs is 3. The Balaban J connectivity index is 1.85. The molecule has 3 rings (SSSR count). The van der Waals surface area contributed by atoms with Crippen molar-refractivity contribution in [3.63, 3.8) is 0 Å². The first-order chi connectivity index (χ1) is 9.31. The number of ether oxygens (including phenoxy) is 1. The highest BCUT2D eigenvalue weighted by atomic mass is 16.5. The minimum absolute atomic E-state index is 0.293. The molecular formula is C16H23NO2. The van der Waals surface area contributed by atoms with Crippen molar-refractivity contribution in [1.29, 1.82) is 0 Å². The van der Waals surface area contributed by atoms with Gasteiger partial charge in [0, 0.05) is 11.5 Å². The molecule has 1 N–H and O–H groups in total. The second kappa shape index (κ2) is 5.41. The molecule has 1 fully saturated rings. The summed E-state index contributed by atoms with van der Waals surface area (Å²) >= 11 is 0. The summed E-state index contributed by atoms with van der Waals surface area (Å²) in [6.07, 6.45) is 4.97. The van der Waals surface area contributed by atoms with Crippen molar-refractivity contribution in [1.82, 2.24) is 4.90 Å². The molecule has 0 bridgehead atoms. The number of para-hydroxylation sites is 1. The lowest BCUT2D eigenvalue weighted by molar-refractivity contribution is 0.0632. The zero-order valence-electron chi connectivity index (χ0n) is 11.6. The van der Waals surface area contributed by atoms with Crippen LogP contribution < -0.4 is 4.74 Å². The lowest BCUT2D eigenvalue weighted by Gasteiger charge is -2.44. The van der Waals surface area contributed by atoms with Crippen LogP contribution in [0.1, 0.15) is 44.1 Å². The normalized spacial score (nSPS) is 26.4. The predicted octanol–water partition coefficient (Wildman–Crippen LogP) is 3.13. The Hall–Kier alpha value is -1.22. The van der Waals surface area contributed by atoms with Gasteiger partial charge in [-0.25, -0.2) is 0 Å². The summed E-state index contributed by atoms with van der Waals surface area (Å²) in [4.78, 5) is 2.59. The van der Waals surface area contributed by atoms with Crippen molar-refractivity contribution in [2.24, 2.45) is 0 Å². The van der Waals surface area contributed by atoms with Crippen LogP contribution in [0.5, 0.6) is 11.5 Å². The zero-order valence-corrected chi connectivity index (χ0v) is 11.6. The summed E-state index contributed by atoms with van der Waals surface area (Å²) in [6, 6.07) is 6.27. The number of piperidine rings is 1. The first kappa shape index (κ1) is 12.8. The van der Waals surface area contributed by atoms with E-state index in [4.69, 9.17) is 4.74 Å². The quantitative estimate of drug-likeness (QED) is 0.907. The number of likely N-dealkylation sites (tertiary alicyclic amines) is 1. The van der Waals surface area contributed by atoms with Gasteiger partial charge in [0.25, 0.3) is 0 Å². The van der Waals surface area contributed by atoms with Crippen molar-refractivity contribution in [2.45, 2.75) is 44.6 Å². The standard InChI is InChI=1S/C16H23NO2/c1-2-3-9-17-10-5-7-12-13-6-4-8-15(18)16(13)19-11-14(12)17/h4,6,8,12,14,18H,2-3,5,7,9-11H2,1H3/t12-,14-/m0/s1. The van der Waals surface area contributed by atoms with Crippen molar-refractivity contribution in [3.8, 4) is 11.5 Å². The molecule has 3 nitrogen and oxygen atoms in total. The van der Waals surface area contributed by atoms with E-state index >= 15 is 0 Å². The molecule has 0 radical (unpaired) electrons. The SMILES string of the molecule is CCCCN1CCC[C@H]2c3cccc(O)c3OC[C@@H]21. The Labute approximate surface area is 115 Å². The van der Waals surface area contributed by atoms with E-state index < -0.39 is 0 Å². The minimum atomic E-state index is 0.293. The largest absolute Gasteiger partial charge is 0.504 e. The summed E-state index contributed by atoms with van der Waals surface area (Å²) in [6.45, 7) is 5.33. The summed E-state index contributed by atoms with van der Waals surface area (Å²) in [5, 5.41) is 9.92. The molecule has 0 amide bonds. The summed E-state index contributed by atoms with van der Waals surface area (Å²) in [7, 11) is 0. The van der Waals surface area contributed by atoms with Crippen molar-refractivity contribution < 1.29 is 9.84 Å². The van der Waals surface area contributed by atoms with E-state index in [2.05, 4.69) is 17.9 Å². The lowest BCUT2D eigenvalue weighted by atomic mass is 9.81. The van der Waals surface area contributed by atoms with Crippen LogP contribution >= 0.6 is 0 Å². The third-order valence-corrected chi connectivity index (χ3v) is 4.52. The maximum absolute atomic E-state index is 9.92. The number of phenolic OH excluding ortho intramolecular Hbond substituents is 1. The molecule has 0 aliphatic carbocycles. The molecule has 19 heavy (non-hydrogen) atoms. The van der Waals surface area contributed by atoms with Crippen LogP contribution in [0.2, 0.25) is 0 Å². The monoisotopic (exact) mass is 261 g/mol. The fourth-order valence-corrected chi connectivity index (χ4v) is 3.51. The third-order valence-electron chi connectivity index (χ3n) is 4.52. The van der Waals surface area contributed by atoms with Crippen molar-refractivity contribution in [3.05, 3.63) is 23.8 Å². The molecule has 2 heterocycles. The molecule has 1 aromatic rings. The summed E-state index contributed by atoms with van der Waals surface area (Å²) < 4.78 is 5.84. The molecule has 0 spiro atoms. The number of nitrogens with zero attached hydrogens (tertiary/aromatic N) is 1. The Morgan fingerprint density at radius 1 is 1.42 bits per heavy atom. The Morgan fingerprint density at radius 2 is 2.32 bits per heavy atom. The van der Waals surface area contributed by atoms with E-state index in [-0.39, 0.29) is 0 Å². The van der Waals surface area contributed by atoms with E-state index in [0.29, 0.717) is 17.7 Å². The van der Waals surface area contributed by atoms with E-state index in [0.717, 1.165) is 12.4 Å². The molecule has 1 aromatic carbocycles. The van der Waals surface area contributed by atoms with Crippen LogP contribution in [0.3, 0.4) is 0 Å². The average Bonchev–Trinajstić information content (AvgIpc) is 2.45. The van der Waals surface area contributed by atoms with Gasteiger partial charge in [-0.05, 0) is 38.4 Å². The summed E-state index contributed by atoms with van der Waals surface area (Å²) in [5.41, 5.74) is 1.21. The number of hydrogen-bond donors (Lipinski definition) is 1. The predicted molar refractivity (Wildman–Crippen MR) is 75.8 cm³/mol. The minimum Gasteiger partial charge on any atom is -0.504 e. The maximum atomic E-state index is 9.92. The lowest BCUT2D eigenvalue weighted by Crippen LogP contribution is -2.49. The smallest absolute Gasteiger partial charge is 0.164 e. The zero-order chi connectivity index (χ0) is 13.2. The second-order valence-electron chi connectivity index (χ2n) is 5.71.